The van der Waals surface area contributed by atoms with Crippen molar-refractivity contribution in [3.05, 3.63) is 93.5 Å². The van der Waals surface area contributed by atoms with E-state index in [-0.39, 0.29) is 24.8 Å². The number of carbonyl (C=O) groups excluding carboxylic acids is 2. The van der Waals surface area contributed by atoms with E-state index in [2.05, 4.69) is 15.9 Å². The van der Waals surface area contributed by atoms with Gasteiger partial charge in [0.15, 0.2) is 0 Å². The Balaban J connectivity index is 1.65. The molecule has 3 rings (SSSR count). The van der Waals surface area contributed by atoms with Crippen molar-refractivity contribution in [2.45, 2.75) is 78.8 Å². The summed E-state index contributed by atoms with van der Waals surface area (Å²) in [5, 5.41) is 0. The summed E-state index contributed by atoms with van der Waals surface area (Å²) >= 11 is 3.58. The van der Waals surface area contributed by atoms with Crippen molar-refractivity contribution in [2.24, 2.45) is 0 Å². The van der Waals surface area contributed by atoms with E-state index in [9.17, 15) is 9.59 Å². The molecule has 0 aliphatic rings. The first-order valence-corrected chi connectivity index (χ1v) is 13.7. The van der Waals surface area contributed by atoms with Gasteiger partial charge in [-0.05, 0) is 83.0 Å². The van der Waals surface area contributed by atoms with Crippen LogP contribution in [0, 0.1) is 0 Å². The first kappa shape index (κ1) is 30.2. The topological polar surface area (TPSA) is 71.1 Å². The second-order valence-corrected chi connectivity index (χ2v) is 12.2. The highest BCUT2D eigenvalue weighted by molar-refractivity contribution is 9.10. The van der Waals surface area contributed by atoms with Crippen LogP contribution in [0.25, 0.3) is 0 Å². The van der Waals surface area contributed by atoms with Gasteiger partial charge in [-0.25, -0.2) is 0 Å². The van der Waals surface area contributed by atoms with Gasteiger partial charge in [0.1, 0.15) is 35.9 Å². The minimum absolute atomic E-state index is 0.133. The Bertz CT molecular complexity index is 1190. The SMILES string of the molecule is CC(C)(C)OC(=O)Cc1ccccc1OCc1cc(Br)cc(COc2ccccc2CC(=O)OC(C)(C)C)c1. The van der Waals surface area contributed by atoms with E-state index in [1.54, 1.807) is 0 Å². The molecule has 0 radical (unpaired) electrons. The largest absolute Gasteiger partial charge is 0.489 e. The number of carbonyl (C=O) groups is 2. The van der Waals surface area contributed by atoms with E-state index in [1.807, 2.05) is 108 Å². The zero-order chi connectivity index (χ0) is 28.6. The second kappa shape index (κ2) is 13.2. The Morgan fingerprint density at radius 3 is 1.41 bits per heavy atom. The zero-order valence-electron chi connectivity index (χ0n) is 23.5. The standard InChI is InChI=1S/C32H37BrO6/c1-31(2,3)38-29(34)18-24-11-7-9-13-27(24)36-20-22-15-23(17-26(33)16-22)21-37-28-14-10-8-12-25(28)19-30(35)39-32(4,5)6/h7-17H,18-21H2,1-6H3. The summed E-state index contributed by atoms with van der Waals surface area (Å²) in [7, 11) is 0. The van der Waals surface area contributed by atoms with Crippen molar-refractivity contribution in [2.75, 3.05) is 0 Å². The van der Waals surface area contributed by atoms with Crippen molar-refractivity contribution in [3.63, 3.8) is 0 Å². The number of hydrogen-bond donors (Lipinski definition) is 0. The molecule has 0 N–H and O–H groups in total. The van der Waals surface area contributed by atoms with Gasteiger partial charge in [0, 0.05) is 15.6 Å². The van der Waals surface area contributed by atoms with Gasteiger partial charge in [0.2, 0.25) is 0 Å². The van der Waals surface area contributed by atoms with Crippen molar-refractivity contribution < 1.29 is 28.5 Å². The zero-order valence-corrected chi connectivity index (χ0v) is 25.1. The summed E-state index contributed by atoms with van der Waals surface area (Å²) in [5.41, 5.74) is 2.34. The maximum Gasteiger partial charge on any atom is 0.310 e. The van der Waals surface area contributed by atoms with Gasteiger partial charge in [-0.1, -0.05) is 52.3 Å². The third kappa shape index (κ3) is 10.8. The number of esters is 2. The highest BCUT2D eigenvalue weighted by Gasteiger charge is 2.19. The maximum atomic E-state index is 12.4. The first-order chi connectivity index (χ1) is 18.3. The molecule has 3 aromatic carbocycles. The molecule has 0 aliphatic heterocycles. The summed E-state index contributed by atoms with van der Waals surface area (Å²) in [6.45, 7) is 11.7. The summed E-state index contributed by atoms with van der Waals surface area (Å²) in [4.78, 5) is 24.7. The number of benzene rings is 3. The predicted octanol–water partition coefficient (Wildman–Crippen LogP) is 7.38. The smallest absolute Gasteiger partial charge is 0.310 e. The molecule has 0 saturated carbocycles. The molecule has 0 unspecified atom stereocenters. The van der Waals surface area contributed by atoms with Crippen LogP contribution in [0.15, 0.2) is 71.2 Å². The molecule has 0 atom stereocenters. The molecule has 0 fully saturated rings. The predicted molar refractivity (Wildman–Crippen MR) is 155 cm³/mol. The average Bonchev–Trinajstić information content (AvgIpc) is 2.80. The Morgan fingerprint density at radius 2 is 1.03 bits per heavy atom. The lowest BCUT2D eigenvalue weighted by atomic mass is 10.1. The molecule has 0 aromatic heterocycles. The van der Waals surface area contributed by atoms with E-state index in [0.29, 0.717) is 24.7 Å². The molecule has 3 aromatic rings. The van der Waals surface area contributed by atoms with Gasteiger partial charge in [-0.3, -0.25) is 9.59 Å². The molecule has 0 aliphatic carbocycles. The summed E-state index contributed by atoms with van der Waals surface area (Å²) in [6, 6.07) is 20.9. The quantitative estimate of drug-likeness (QED) is 0.227. The maximum absolute atomic E-state index is 12.4. The van der Waals surface area contributed by atoms with E-state index in [0.717, 1.165) is 26.7 Å². The Kier molecular flexibility index (Phi) is 10.2. The van der Waals surface area contributed by atoms with Crippen LogP contribution >= 0.6 is 15.9 Å². The number of ether oxygens (including phenoxy) is 4. The molecular weight excluding hydrogens is 560 g/mol. The van der Waals surface area contributed by atoms with E-state index < -0.39 is 11.2 Å². The normalized spacial score (nSPS) is 11.6. The van der Waals surface area contributed by atoms with Crippen LogP contribution < -0.4 is 9.47 Å². The summed E-state index contributed by atoms with van der Waals surface area (Å²) < 4.78 is 24.0. The number of halogens is 1. The van der Waals surface area contributed by atoms with Crippen LogP contribution in [0.2, 0.25) is 0 Å². The van der Waals surface area contributed by atoms with Gasteiger partial charge in [-0.15, -0.1) is 0 Å². The molecule has 208 valence electrons. The van der Waals surface area contributed by atoms with Crippen LogP contribution in [0.1, 0.15) is 63.8 Å². The van der Waals surface area contributed by atoms with E-state index >= 15 is 0 Å². The molecule has 0 heterocycles. The monoisotopic (exact) mass is 596 g/mol. The fraction of sp³-hybridized carbons (Fsp3) is 0.375. The molecule has 0 spiro atoms. The minimum atomic E-state index is -0.544. The van der Waals surface area contributed by atoms with Crippen LogP contribution in [-0.4, -0.2) is 23.1 Å². The number of rotatable bonds is 10. The Hall–Kier alpha value is -3.32. The van der Waals surface area contributed by atoms with E-state index in [1.165, 1.54) is 0 Å². The van der Waals surface area contributed by atoms with Gasteiger partial charge in [0.05, 0.1) is 12.8 Å². The Morgan fingerprint density at radius 1 is 0.641 bits per heavy atom. The molecule has 0 saturated heterocycles. The average molecular weight is 598 g/mol. The molecule has 6 nitrogen and oxygen atoms in total. The van der Waals surface area contributed by atoms with Crippen LogP contribution in [0.3, 0.4) is 0 Å². The van der Waals surface area contributed by atoms with E-state index in [4.69, 9.17) is 18.9 Å². The second-order valence-electron chi connectivity index (χ2n) is 11.3. The summed E-state index contributed by atoms with van der Waals surface area (Å²) in [5.74, 6) is 0.675. The molecule has 7 heteroatoms. The van der Waals surface area contributed by atoms with Crippen molar-refractivity contribution in [3.8, 4) is 11.5 Å². The fourth-order valence-electron chi connectivity index (χ4n) is 3.85. The molecule has 39 heavy (non-hydrogen) atoms. The molecule has 0 amide bonds. The lowest BCUT2D eigenvalue weighted by Gasteiger charge is -2.20. The summed E-state index contributed by atoms with van der Waals surface area (Å²) in [6.07, 6.45) is 0.265. The van der Waals surface area contributed by atoms with Crippen LogP contribution in [0.4, 0.5) is 0 Å². The number of hydrogen-bond acceptors (Lipinski definition) is 6. The fourth-order valence-corrected chi connectivity index (χ4v) is 4.44. The van der Waals surface area contributed by atoms with Gasteiger partial charge in [-0.2, -0.15) is 0 Å². The minimum Gasteiger partial charge on any atom is -0.489 e. The van der Waals surface area contributed by atoms with Gasteiger partial charge in [0.25, 0.3) is 0 Å². The third-order valence-electron chi connectivity index (χ3n) is 5.26. The number of para-hydroxylation sites is 2. The molecular formula is C32H37BrO6. The highest BCUT2D eigenvalue weighted by Crippen LogP contribution is 2.25. The highest BCUT2D eigenvalue weighted by atomic mass is 79.9. The Labute approximate surface area is 239 Å². The van der Waals surface area contributed by atoms with Crippen LogP contribution in [-0.2, 0) is 45.1 Å². The lowest BCUT2D eigenvalue weighted by Crippen LogP contribution is -2.25. The molecule has 0 bridgehead atoms. The van der Waals surface area contributed by atoms with Gasteiger partial charge < -0.3 is 18.9 Å². The van der Waals surface area contributed by atoms with Crippen molar-refractivity contribution >= 4 is 27.9 Å². The van der Waals surface area contributed by atoms with Crippen molar-refractivity contribution in [1.82, 2.24) is 0 Å². The third-order valence-corrected chi connectivity index (χ3v) is 5.72. The first-order valence-electron chi connectivity index (χ1n) is 12.9. The van der Waals surface area contributed by atoms with Gasteiger partial charge >= 0.3 is 11.9 Å². The lowest BCUT2D eigenvalue weighted by molar-refractivity contribution is -0.155. The van der Waals surface area contributed by atoms with Crippen molar-refractivity contribution in [1.29, 1.82) is 0 Å². The van der Waals surface area contributed by atoms with Crippen LogP contribution in [0.5, 0.6) is 11.5 Å².